The molecule has 0 aliphatic carbocycles. The molecule has 0 N–H and O–H groups in total. The summed E-state index contributed by atoms with van der Waals surface area (Å²) < 4.78 is 12.0. The lowest BCUT2D eigenvalue weighted by molar-refractivity contribution is 0.299. The van der Waals surface area contributed by atoms with Crippen LogP contribution in [0.25, 0.3) is 12.2 Å². The molecular formula is C43H72O2. The van der Waals surface area contributed by atoms with Crippen molar-refractivity contribution < 1.29 is 9.47 Å². The third kappa shape index (κ3) is 21.2. The number of hydrogen-bond acceptors (Lipinski definition) is 2. The smallest absolute Gasteiger partial charge is 0.119 e. The summed E-state index contributed by atoms with van der Waals surface area (Å²) in [7, 11) is 0. The molecule has 256 valence electrons. The molecule has 2 rings (SSSR count). The van der Waals surface area contributed by atoms with E-state index in [-0.39, 0.29) is 0 Å². The molecule has 2 nitrogen and oxygen atoms in total. The number of rotatable bonds is 27. The Balaban J connectivity index is 0.00000496. The van der Waals surface area contributed by atoms with Gasteiger partial charge >= 0.3 is 0 Å². The lowest BCUT2D eigenvalue weighted by Gasteiger charge is -2.15. The van der Waals surface area contributed by atoms with Crippen molar-refractivity contribution in [3.05, 3.63) is 59.7 Å². The van der Waals surface area contributed by atoms with Gasteiger partial charge in [-0.1, -0.05) is 187 Å². The molecule has 0 aliphatic heterocycles. The summed E-state index contributed by atoms with van der Waals surface area (Å²) in [5.41, 5.74) is 2.38. The maximum atomic E-state index is 6.01. The van der Waals surface area contributed by atoms with Crippen LogP contribution in [0, 0.1) is 11.8 Å². The van der Waals surface area contributed by atoms with Crippen LogP contribution in [0.3, 0.4) is 0 Å². The summed E-state index contributed by atoms with van der Waals surface area (Å²) in [5, 5.41) is 0. The second-order valence-corrected chi connectivity index (χ2v) is 12.8. The molecule has 0 bridgehead atoms. The quantitative estimate of drug-likeness (QED) is 0.0730. The maximum Gasteiger partial charge on any atom is 0.119 e. The minimum atomic E-state index is 0.815. The molecule has 0 aromatic heterocycles. The SMILES string of the molecule is CC.CCCCC(CCC)CCCCCCOc1ccc(/C=C/c2ccc(OCCCCCC(CCC)CCCC)cc2)cc1. The normalized spacial score (nSPS) is 12.5. The van der Waals surface area contributed by atoms with E-state index in [1.807, 2.05) is 13.8 Å². The van der Waals surface area contributed by atoms with Crippen LogP contribution in [-0.2, 0) is 0 Å². The van der Waals surface area contributed by atoms with Gasteiger partial charge in [0.25, 0.3) is 0 Å². The van der Waals surface area contributed by atoms with Crippen molar-refractivity contribution in [2.75, 3.05) is 13.2 Å². The van der Waals surface area contributed by atoms with E-state index in [0.717, 1.165) is 49.4 Å². The van der Waals surface area contributed by atoms with Crippen molar-refractivity contribution in [1.82, 2.24) is 0 Å². The molecule has 0 heterocycles. The van der Waals surface area contributed by atoms with Crippen LogP contribution in [0.5, 0.6) is 11.5 Å². The van der Waals surface area contributed by atoms with Gasteiger partial charge in [0.05, 0.1) is 13.2 Å². The fourth-order valence-corrected chi connectivity index (χ4v) is 6.19. The summed E-state index contributed by atoms with van der Waals surface area (Å²) in [6.07, 6.45) is 29.8. The first kappa shape index (κ1) is 40.8. The lowest BCUT2D eigenvalue weighted by atomic mass is 9.91. The van der Waals surface area contributed by atoms with E-state index in [2.05, 4.69) is 88.4 Å². The fourth-order valence-electron chi connectivity index (χ4n) is 6.19. The molecule has 2 atom stereocenters. The van der Waals surface area contributed by atoms with Crippen molar-refractivity contribution in [3.63, 3.8) is 0 Å². The second kappa shape index (κ2) is 29.2. The molecule has 2 aromatic carbocycles. The van der Waals surface area contributed by atoms with Crippen LogP contribution in [0.1, 0.15) is 175 Å². The zero-order valence-corrected chi connectivity index (χ0v) is 30.6. The molecule has 0 radical (unpaired) electrons. The van der Waals surface area contributed by atoms with E-state index in [0.29, 0.717) is 0 Å². The number of ether oxygens (including phenoxy) is 2. The number of hydrogen-bond donors (Lipinski definition) is 0. The predicted molar refractivity (Wildman–Crippen MR) is 202 cm³/mol. The molecule has 2 unspecified atom stereocenters. The average Bonchev–Trinajstić information content (AvgIpc) is 3.08. The topological polar surface area (TPSA) is 18.5 Å². The Morgan fingerprint density at radius 3 is 1.16 bits per heavy atom. The summed E-state index contributed by atoms with van der Waals surface area (Å²) in [6, 6.07) is 16.9. The Morgan fingerprint density at radius 1 is 0.422 bits per heavy atom. The van der Waals surface area contributed by atoms with Gasteiger partial charge in [0, 0.05) is 0 Å². The number of benzene rings is 2. The predicted octanol–water partition coefficient (Wildman–Crippen LogP) is 14.4. The molecule has 2 aromatic rings. The van der Waals surface area contributed by atoms with Crippen LogP contribution in [0.2, 0.25) is 0 Å². The van der Waals surface area contributed by atoms with Crippen molar-refractivity contribution in [3.8, 4) is 11.5 Å². The summed E-state index contributed by atoms with van der Waals surface area (Å²) >= 11 is 0. The third-order valence-electron chi connectivity index (χ3n) is 8.86. The molecule has 2 heteroatoms. The Hall–Kier alpha value is -2.22. The lowest BCUT2D eigenvalue weighted by Crippen LogP contribution is -2.02. The van der Waals surface area contributed by atoms with Gasteiger partial charge in [-0.3, -0.25) is 0 Å². The minimum absolute atomic E-state index is 0.815. The first-order valence-electron chi connectivity index (χ1n) is 19.3. The highest BCUT2D eigenvalue weighted by Gasteiger charge is 2.08. The van der Waals surface area contributed by atoms with Gasteiger partial charge in [-0.15, -0.1) is 0 Å². The average molecular weight is 621 g/mol. The van der Waals surface area contributed by atoms with E-state index in [1.165, 1.54) is 120 Å². The zero-order chi connectivity index (χ0) is 32.8. The molecule has 0 spiro atoms. The number of unbranched alkanes of at least 4 members (excludes halogenated alkanes) is 7. The van der Waals surface area contributed by atoms with Gasteiger partial charge in [-0.2, -0.15) is 0 Å². The first-order valence-corrected chi connectivity index (χ1v) is 19.3. The largest absolute Gasteiger partial charge is 0.494 e. The van der Waals surface area contributed by atoms with Gasteiger partial charge in [-0.05, 0) is 60.1 Å². The Bertz CT molecular complexity index is 914. The van der Waals surface area contributed by atoms with Crippen molar-refractivity contribution in [2.45, 2.75) is 164 Å². The fraction of sp³-hybridized carbons (Fsp3) is 0.674. The Labute approximate surface area is 280 Å². The van der Waals surface area contributed by atoms with Crippen LogP contribution >= 0.6 is 0 Å². The van der Waals surface area contributed by atoms with E-state index in [4.69, 9.17) is 9.47 Å². The van der Waals surface area contributed by atoms with E-state index >= 15 is 0 Å². The van der Waals surface area contributed by atoms with Gasteiger partial charge in [0.2, 0.25) is 0 Å². The standard InChI is InChI=1S/C41H66O2.C2H6/c1-5-9-20-36(18-7-3)22-14-11-12-16-34-42-40-30-26-38(27-31-40)24-25-39-28-32-41(33-29-39)43-35-17-13-15-23-37(19-8-4)21-10-6-2;1-2/h24-33,36-37H,5-23,34-35H2,1-4H3;1-2H3/b25-24+;. The van der Waals surface area contributed by atoms with E-state index in [1.54, 1.807) is 0 Å². The van der Waals surface area contributed by atoms with Gasteiger partial charge in [0.1, 0.15) is 11.5 Å². The van der Waals surface area contributed by atoms with Crippen LogP contribution < -0.4 is 9.47 Å². The maximum absolute atomic E-state index is 6.01. The molecule has 0 amide bonds. The van der Waals surface area contributed by atoms with Crippen molar-refractivity contribution in [2.24, 2.45) is 11.8 Å². The van der Waals surface area contributed by atoms with Gasteiger partial charge in [0.15, 0.2) is 0 Å². The minimum Gasteiger partial charge on any atom is -0.494 e. The van der Waals surface area contributed by atoms with Crippen molar-refractivity contribution >= 4 is 12.2 Å². The summed E-state index contributed by atoms with van der Waals surface area (Å²) in [4.78, 5) is 0. The molecule has 0 aliphatic rings. The molecule has 0 saturated carbocycles. The molecule has 0 fully saturated rings. The van der Waals surface area contributed by atoms with E-state index in [9.17, 15) is 0 Å². The van der Waals surface area contributed by atoms with Crippen LogP contribution in [0.4, 0.5) is 0 Å². The molecular weight excluding hydrogens is 548 g/mol. The molecule has 45 heavy (non-hydrogen) atoms. The van der Waals surface area contributed by atoms with Crippen LogP contribution in [-0.4, -0.2) is 13.2 Å². The zero-order valence-electron chi connectivity index (χ0n) is 30.6. The van der Waals surface area contributed by atoms with Crippen molar-refractivity contribution in [1.29, 1.82) is 0 Å². The van der Waals surface area contributed by atoms with E-state index < -0.39 is 0 Å². The van der Waals surface area contributed by atoms with Gasteiger partial charge in [-0.25, -0.2) is 0 Å². The monoisotopic (exact) mass is 621 g/mol. The highest BCUT2D eigenvalue weighted by molar-refractivity contribution is 5.70. The summed E-state index contributed by atoms with van der Waals surface area (Å²) in [6.45, 7) is 14.9. The van der Waals surface area contributed by atoms with Gasteiger partial charge < -0.3 is 9.47 Å². The third-order valence-corrected chi connectivity index (χ3v) is 8.86. The Morgan fingerprint density at radius 2 is 0.778 bits per heavy atom. The highest BCUT2D eigenvalue weighted by Crippen LogP contribution is 2.23. The molecule has 0 saturated heterocycles. The second-order valence-electron chi connectivity index (χ2n) is 12.8. The highest BCUT2D eigenvalue weighted by atomic mass is 16.5. The van der Waals surface area contributed by atoms with Crippen LogP contribution in [0.15, 0.2) is 48.5 Å². The Kier molecular flexibility index (Phi) is 26.5. The first-order chi connectivity index (χ1) is 22.2. The summed E-state index contributed by atoms with van der Waals surface area (Å²) in [5.74, 6) is 3.83.